The van der Waals surface area contributed by atoms with Crippen LogP contribution in [0.15, 0.2) is 16.8 Å². The van der Waals surface area contributed by atoms with Gasteiger partial charge in [0.25, 0.3) is 0 Å². The van der Waals surface area contributed by atoms with E-state index in [2.05, 4.69) is 5.32 Å². The highest BCUT2D eigenvalue weighted by atomic mass is 32.1. The molecule has 1 aromatic rings. The fourth-order valence-corrected chi connectivity index (χ4v) is 1.02. The van der Waals surface area contributed by atoms with E-state index in [4.69, 9.17) is 5.73 Å². The number of nitrogens with zero attached hydrogens (tertiary/aromatic N) is 1. The van der Waals surface area contributed by atoms with Crippen LogP contribution in [0.1, 0.15) is 0 Å². The number of thiophene rings is 1. The standard InChI is InChI=1S/C5H5N2OS/c6-5(8)7-4-1-2-9-3-4/h1-3H,(H2,6,8). The number of hydrogen-bond acceptors (Lipinski definition) is 2. The number of carbonyl (C=O) groups excluding carboxylic acids is 1. The summed E-state index contributed by atoms with van der Waals surface area (Å²) >= 11 is 1.48. The Morgan fingerprint density at radius 2 is 2.56 bits per heavy atom. The fourth-order valence-electron chi connectivity index (χ4n) is 0.448. The van der Waals surface area contributed by atoms with Crippen LogP contribution >= 0.6 is 11.3 Å². The summed E-state index contributed by atoms with van der Waals surface area (Å²) in [6, 6.07) is 1.09. The second-order valence-corrected chi connectivity index (χ2v) is 2.21. The predicted octanol–water partition coefficient (Wildman–Crippen LogP) is 1.06. The fraction of sp³-hybridized carbons (Fsp3) is 0. The van der Waals surface area contributed by atoms with Crippen molar-refractivity contribution in [2.24, 2.45) is 5.73 Å². The van der Waals surface area contributed by atoms with Crippen molar-refractivity contribution in [3.8, 4) is 0 Å². The summed E-state index contributed by atoms with van der Waals surface area (Å²) in [5, 5.41) is 7.06. The maximum atomic E-state index is 10.1. The Morgan fingerprint density at radius 1 is 1.78 bits per heavy atom. The van der Waals surface area contributed by atoms with Gasteiger partial charge >= 0.3 is 6.03 Å². The van der Waals surface area contributed by atoms with Crippen LogP contribution in [0.3, 0.4) is 0 Å². The Balaban J connectivity index is 2.58. The first-order chi connectivity index (χ1) is 4.29. The van der Waals surface area contributed by atoms with Crippen LogP contribution in [-0.4, -0.2) is 6.03 Å². The molecule has 9 heavy (non-hydrogen) atoms. The van der Waals surface area contributed by atoms with Gasteiger partial charge in [0.15, 0.2) is 0 Å². The molecule has 47 valence electrons. The molecule has 0 fully saturated rings. The summed E-state index contributed by atoms with van der Waals surface area (Å²) in [7, 11) is 0. The van der Waals surface area contributed by atoms with Crippen LogP contribution in [0.5, 0.6) is 0 Å². The summed E-state index contributed by atoms with van der Waals surface area (Å²) in [4.78, 5) is 10.1. The zero-order valence-electron chi connectivity index (χ0n) is 4.57. The molecule has 1 heterocycles. The SMILES string of the molecule is NC(=O)[N]c1ccsc1. The number of amides is 2. The molecule has 4 heteroatoms. The van der Waals surface area contributed by atoms with Crippen molar-refractivity contribution in [2.45, 2.75) is 0 Å². The van der Waals surface area contributed by atoms with Gasteiger partial charge in [0, 0.05) is 5.38 Å². The van der Waals surface area contributed by atoms with E-state index in [1.54, 1.807) is 11.4 Å². The predicted molar refractivity (Wildman–Crippen MR) is 35.7 cm³/mol. The van der Waals surface area contributed by atoms with Crippen molar-refractivity contribution in [3.63, 3.8) is 0 Å². The van der Waals surface area contributed by atoms with Crippen molar-refractivity contribution in [1.82, 2.24) is 5.32 Å². The molecule has 1 rings (SSSR count). The highest BCUT2D eigenvalue weighted by molar-refractivity contribution is 7.08. The van der Waals surface area contributed by atoms with Crippen molar-refractivity contribution in [3.05, 3.63) is 16.8 Å². The van der Waals surface area contributed by atoms with Crippen LogP contribution in [-0.2, 0) is 0 Å². The van der Waals surface area contributed by atoms with E-state index in [0.717, 1.165) is 0 Å². The highest BCUT2D eigenvalue weighted by Gasteiger charge is 1.95. The third-order valence-corrected chi connectivity index (χ3v) is 1.42. The van der Waals surface area contributed by atoms with Gasteiger partial charge in [0.2, 0.25) is 0 Å². The van der Waals surface area contributed by atoms with Crippen LogP contribution in [0.4, 0.5) is 10.5 Å². The van der Waals surface area contributed by atoms with E-state index in [0.29, 0.717) is 5.69 Å². The molecule has 0 aliphatic carbocycles. The molecule has 1 radical (unpaired) electrons. The second-order valence-electron chi connectivity index (χ2n) is 1.43. The molecule has 0 bridgehead atoms. The van der Waals surface area contributed by atoms with Crippen LogP contribution < -0.4 is 11.1 Å². The average molecular weight is 141 g/mol. The first-order valence-corrected chi connectivity index (χ1v) is 3.26. The van der Waals surface area contributed by atoms with Crippen molar-refractivity contribution < 1.29 is 4.79 Å². The lowest BCUT2D eigenvalue weighted by atomic mass is 10.5. The van der Waals surface area contributed by atoms with E-state index in [1.165, 1.54) is 11.3 Å². The third kappa shape index (κ3) is 1.73. The van der Waals surface area contributed by atoms with Crippen molar-refractivity contribution in [2.75, 3.05) is 0 Å². The minimum atomic E-state index is -0.645. The zero-order valence-corrected chi connectivity index (χ0v) is 5.39. The van der Waals surface area contributed by atoms with Gasteiger partial charge in [-0.2, -0.15) is 16.7 Å². The minimum absolute atomic E-state index is 0.632. The van der Waals surface area contributed by atoms with E-state index in [9.17, 15) is 4.79 Å². The summed E-state index contributed by atoms with van der Waals surface area (Å²) in [5.41, 5.74) is 5.41. The molecule has 0 atom stereocenters. The maximum absolute atomic E-state index is 10.1. The molecule has 0 aromatic carbocycles. The van der Waals surface area contributed by atoms with Crippen LogP contribution in [0.2, 0.25) is 0 Å². The van der Waals surface area contributed by atoms with Gasteiger partial charge in [-0.3, -0.25) is 0 Å². The lowest BCUT2D eigenvalue weighted by molar-refractivity contribution is 0.252. The van der Waals surface area contributed by atoms with Gasteiger partial charge in [-0.15, -0.1) is 0 Å². The Hall–Kier alpha value is -1.03. The van der Waals surface area contributed by atoms with Gasteiger partial charge < -0.3 is 5.73 Å². The van der Waals surface area contributed by atoms with Crippen molar-refractivity contribution in [1.29, 1.82) is 0 Å². The van der Waals surface area contributed by atoms with Crippen molar-refractivity contribution >= 4 is 23.1 Å². The normalized spacial score (nSPS) is 8.89. The summed E-state index contributed by atoms with van der Waals surface area (Å²) < 4.78 is 0. The molecule has 0 aliphatic heterocycles. The second kappa shape index (κ2) is 2.50. The van der Waals surface area contributed by atoms with Crippen LogP contribution in [0, 0.1) is 0 Å². The molecular weight excluding hydrogens is 136 g/mol. The number of rotatable bonds is 1. The number of primary amides is 1. The third-order valence-electron chi connectivity index (χ3n) is 0.745. The minimum Gasteiger partial charge on any atom is -0.350 e. The largest absolute Gasteiger partial charge is 0.350 e. The number of hydrogen-bond donors (Lipinski definition) is 1. The number of carbonyl (C=O) groups is 1. The molecule has 0 aliphatic rings. The van der Waals surface area contributed by atoms with Gasteiger partial charge in [0.1, 0.15) is 0 Å². The van der Waals surface area contributed by atoms with E-state index in [-0.39, 0.29) is 0 Å². The average Bonchev–Trinajstić information content (AvgIpc) is 2.15. The molecule has 3 nitrogen and oxygen atoms in total. The summed E-state index contributed by atoms with van der Waals surface area (Å²) in [5.74, 6) is 0. The van der Waals surface area contributed by atoms with Gasteiger partial charge in [-0.25, -0.2) is 4.79 Å². The highest BCUT2D eigenvalue weighted by Crippen LogP contribution is 2.10. The molecule has 1 aromatic heterocycles. The lowest BCUT2D eigenvalue weighted by Gasteiger charge is -1.87. The molecule has 0 spiro atoms. The summed E-state index contributed by atoms with van der Waals surface area (Å²) in [6.07, 6.45) is 0. The first-order valence-electron chi connectivity index (χ1n) is 2.32. The molecular formula is C5H5N2OS. The van der Waals surface area contributed by atoms with Gasteiger partial charge in [0.05, 0.1) is 5.69 Å². The Morgan fingerprint density at radius 3 is 3.00 bits per heavy atom. The topological polar surface area (TPSA) is 57.2 Å². The van der Waals surface area contributed by atoms with Gasteiger partial charge in [-0.05, 0) is 11.4 Å². The zero-order chi connectivity index (χ0) is 6.69. The number of nitrogens with two attached hydrogens (primary N) is 1. The monoisotopic (exact) mass is 141 g/mol. The Kier molecular flexibility index (Phi) is 1.69. The van der Waals surface area contributed by atoms with E-state index in [1.807, 2.05) is 5.38 Å². The molecule has 2 N–H and O–H groups in total. The first kappa shape index (κ1) is 6.10. The molecule has 2 amide bonds. The van der Waals surface area contributed by atoms with Gasteiger partial charge in [-0.1, -0.05) is 0 Å². The summed E-state index contributed by atoms with van der Waals surface area (Å²) in [6.45, 7) is 0. The maximum Gasteiger partial charge on any atom is 0.338 e. The van der Waals surface area contributed by atoms with E-state index >= 15 is 0 Å². The smallest absolute Gasteiger partial charge is 0.338 e. The van der Waals surface area contributed by atoms with E-state index < -0.39 is 6.03 Å². The molecule has 0 unspecified atom stereocenters. The quantitative estimate of drug-likeness (QED) is 0.624. The lowest BCUT2D eigenvalue weighted by Crippen LogP contribution is -2.17. The van der Waals surface area contributed by atoms with Crippen LogP contribution in [0.25, 0.3) is 0 Å². The molecule has 0 saturated carbocycles. The Bertz CT molecular complexity index is 195. The molecule has 0 saturated heterocycles. The number of urea groups is 1. The Labute approximate surface area is 56.5 Å².